The lowest BCUT2D eigenvalue weighted by molar-refractivity contribution is -0.168. The Morgan fingerprint density at radius 3 is 2.00 bits per heavy atom. The molecule has 0 saturated carbocycles. The maximum Gasteiger partial charge on any atom is 0.396 e. The Morgan fingerprint density at radius 1 is 0.931 bits per heavy atom. The number of carbonyl (C=O) groups is 1. The van der Waals surface area contributed by atoms with E-state index in [1.54, 1.807) is 18.2 Å². The predicted molar refractivity (Wildman–Crippen MR) is 114 cm³/mol. The van der Waals surface area contributed by atoms with Crippen molar-refractivity contribution in [3.8, 4) is 0 Å². The molecule has 0 saturated heterocycles. The number of hydrogen-bond donors (Lipinski definition) is 1. The van der Waals surface area contributed by atoms with Gasteiger partial charge in [0.25, 0.3) is 0 Å². The summed E-state index contributed by atoms with van der Waals surface area (Å²) in [5, 5.41) is 0. The molecule has 2 unspecified atom stereocenters. The van der Waals surface area contributed by atoms with Gasteiger partial charge in [0, 0.05) is 0 Å². The molecule has 0 radical (unpaired) electrons. The van der Waals surface area contributed by atoms with Gasteiger partial charge in [-0.15, -0.1) is 0 Å². The minimum atomic E-state index is -4.50. The molecule has 0 spiro atoms. The summed E-state index contributed by atoms with van der Waals surface area (Å²) in [5.41, 5.74) is 5.47. The Bertz CT molecular complexity index is 584. The smallest absolute Gasteiger partial charge is 0.369 e. The number of primary amides is 1. The van der Waals surface area contributed by atoms with Gasteiger partial charge in [-0.05, 0) is 37.7 Å². The van der Waals surface area contributed by atoms with Crippen LogP contribution in [-0.2, 0) is 4.79 Å². The van der Waals surface area contributed by atoms with Crippen molar-refractivity contribution >= 4 is 5.91 Å². The Labute approximate surface area is 173 Å². The van der Waals surface area contributed by atoms with Gasteiger partial charge in [0.05, 0.1) is 11.8 Å². The van der Waals surface area contributed by atoms with Gasteiger partial charge >= 0.3 is 6.18 Å². The van der Waals surface area contributed by atoms with Crippen LogP contribution in [0.5, 0.6) is 0 Å². The van der Waals surface area contributed by atoms with Gasteiger partial charge in [-0.25, -0.2) is 0 Å². The van der Waals surface area contributed by atoms with E-state index in [0.717, 1.165) is 32.1 Å². The number of nitrogens with two attached hydrogens (primary N) is 1. The maximum atomic E-state index is 13.6. The Morgan fingerprint density at radius 2 is 1.48 bits per heavy atom. The molecule has 0 aliphatic heterocycles. The van der Waals surface area contributed by atoms with Crippen molar-refractivity contribution in [1.29, 1.82) is 0 Å². The van der Waals surface area contributed by atoms with Crippen molar-refractivity contribution in [2.75, 3.05) is 0 Å². The molecular formula is C24H36F3NO. The van der Waals surface area contributed by atoms with E-state index >= 15 is 0 Å². The van der Waals surface area contributed by atoms with Crippen LogP contribution in [0.3, 0.4) is 0 Å². The third-order valence-corrected chi connectivity index (χ3v) is 5.31. The summed E-state index contributed by atoms with van der Waals surface area (Å²) in [6, 6.07) is 7.62. The lowest BCUT2D eigenvalue weighted by atomic mass is 9.81. The topological polar surface area (TPSA) is 43.1 Å². The average Bonchev–Trinajstić information content (AvgIpc) is 2.67. The van der Waals surface area contributed by atoms with Crippen LogP contribution in [0.15, 0.2) is 42.5 Å². The van der Waals surface area contributed by atoms with Gasteiger partial charge in [-0.2, -0.15) is 13.2 Å². The van der Waals surface area contributed by atoms with E-state index in [2.05, 4.69) is 19.1 Å². The van der Waals surface area contributed by atoms with Crippen LogP contribution in [0, 0.1) is 5.92 Å². The third-order valence-electron chi connectivity index (χ3n) is 5.31. The van der Waals surface area contributed by atoms with Gasteiger partial charge in [-0.1, -0.05) is 87.9 Å². The predicted octanol–water partition coefficient (Wildman–Crippen LogP) is 7.30. The van der Waals surface area contributed by atoms with Crippen molar-refractivity contribution in [2.45, 2.75) is 89.6 Å². The molecule has 29 heavy (non-hydrogen) atoms. The van der Waals surface area contributed by atoms with E-state index in [9.17, 15) is 18.0 Å². The molecule has 5 heteroatoms. The van der Waals surface area contributed by atoms with E-state index in [4.69, 9.17) is 5.73 Å². The van der Waals surface area contributed by atoms with Crippen molar-refractivity contribution < 1.29 is 18.0 Å². The van der Waals surface area contributed by atoms with Crippen LogP contribution in [0.25, 0.3) is 0 Å². The fourth-order valence-corrected chi connectivity index (χ4v) is 3.69. The van der Waals surface area contributed by atoms with E-state index in [0.29, 0.717) is 6.42 Å². The molecule has 2 N–H and O–H groups in total. The van der Waals surface area contributed by atoms with Crippen molar-refractivity contribution in [1.82, 2.24) is 0 Å². The number of benzene rings is 1. The average molecular weight is 412 g/mol. The quantitative estimate of drug-likeness (QED) is 0.239. The molecule has 1 rings (SSSR count). The third kappa shape index (κ3) is 10.5. The van der Waals surface area contributed by atoms with Gasteiger partial charge < -0.3 is 5.73 Å². The first-order chi connectivity index (χ1) is 13.9. The SMILES string of the molecule is CCCCCCC=CCCCCCCC(C(N)=O)C(c1ccccc1)C(F)(F)F. The summed E-state index contributed by atoms with van der Waals surface area (Å²) >= 11 is 0. The summed E-state index contributed by atoms with van der Waals surface area (Å²) in [6.07, 6.45) is 10.6. The Balaban J connectivity index is 2.39. The molecule has 2 nitrogen and oxygen atoms in total. The summed E-state index contributed by atoms with van der Waals surface area (Å²) in [7, 11) is 0. The first kappa shape index (κ1) is 25.3. The van der Waals surface area contributed by atoms with Crippen molar-refractivity contribution in [3.63, 3.8) is 0 Å². The van der Waals surface area contributed by atoms with E-state index in [1.165, 1.54) is 37.8 Å². The van der Waals surface area contributed by atoms with Crippen LogP contribution in [0.4, 0.5) is 13.2 Å². The van der Waals surface area contributed by atoms with E-state index in [1.807, 2.05) is 0 Å². The van der Waals surface area contributed by atoms with E-state index < -0.39 is 23.9 Å². The minimum absolute atomic E-state index is 0.105. The molecule has 1 aromatic rings. The standard InChI is InChI=1S/C24H36F3NO/c1-2-3-4-5-6-7-8-9-10-11-12-16-19-21(23(28)29)22(24(25,26)27)20-17-14-13-15-18-20/h7-8,13-15,17-18,21-22H,2-6,9-12,16,19H2,1H3,(H2,28,29). The summed E-state index contributed by atoms with van der Waals surface area (Å²) < 4.78 is 40.9. The van der Waals surface area contributed by atoms with Crippen LogP contribution < -0.4 is 5.73 Å². The first-order valence-corrected chi connectivity index (χ1v) is 10.9. The van der Waals surface area contributed by atoms with E-state index in [-0.39, 0.29) is 12.0 Å². The highest BCUT2D eigenvalue weighted by molar-refractivity contribution is 5.78. The Hall–Kier alpha value is -1.78. The lowest BCUT2D eigenvalue weighted by Gasteiger charge is -2.27. The number of hydrogen-bond acceptors (Lipinski definition) is 1. The molecule has 0 fully saturated rings. The highest BCUT2D eigenvalue weighted by Gasteiger charge is 2.47. The number of rotatable bonds is 15. The fraction of sp³-hybridized carbons (Fsp3) is 0.625. The number of unbranched alkanes of at least 4 members (excludes halogenated alkanes) is 8. The molecule has 0 bridgehead atoms. The molecule has 0 aliphatic rings. The monoisotopic (exact) mass is 411 g/mol. The molecule has 0 aromatic heterocycles. The first-order valence-electron chi connectivity index (χ1n) is 10.9. The molecule has 2 atom stereocenters. The highest BCUT2D eigenvalue weighted by Crippen LogP contribution is 2.42. The number of alkyl halides is 3. The molecule has 1 aromatic carbocycles. The second kappa shape index (κ2) is 14.2. The molecule has 164 valence electrons. The van der Waals surface area contributed by atoms with Crippen LogP contribution >= 0.6 is 0 Å². The van der Waals surface area contributed by atoms with Crippen LogP contribution in [0.2, 0.25) is 0 Å². The van der Waals surface area contributed by atoms with Crippen LogP contribution in [0.1, 0.15) is 89.0 Å². The molecule has 1 amide bonds. The fourth-order valence-electron chi connectivity index (χ4n) is 3.69. The minimum Gasteiger partial charge on any atom is -0.369 e. The maximum absolute atomic E-state index is 13.6. The lowest BCUT2D eigenvalue weighted by Crippen LogP contribution is -2.36. The van der Waals surface area contributed by atoms with Crippen molar-refractivity contribution in [2.24, 2.45) is 11.7 Å². The number of amides is 1. The largest absolute Gasteiger partial charge is 0.396 e. The normalized spacial score (nSPS) is 14.2. The van der Waals surface area contributed by atoms with Gasteiger partial charge in [0.15, 0.2) is 0 Å². The second-order valence-electron chi connectivity index (χ2n) is 7.75. The summed E-state index contributed by atoms with van der Waals surface area (Å²) in [6.45, 7) is 2.20. The number of allylic oxidation sites excluding steroid dienone is 2. The zero-order valence-corrected chi connectivity index (χ0v) is 17.6. The second-order valence-corrected chi connectivity index (χ2v) is 7.75. The van der Waals surface area contributed by atoms with Crippen molar-refractivity contribution in [3.05, 3.63) is 48.0 Å². The molecule has 0 aliphatic carbocycles. The highest BCUT2D eigenvalue weighted by atomic mass is 19.4. The molecule has 0 heterocycles. The number of halogens is 3. The summed E-state index contributed by atoms with van der Waals surface area (Å²) in [5.74, 6) is -3.93. The van der Waals surface area contributed by atoms with Gasteiger partial charge in [-0.3, -0.25) is 4.79 Å². The molecular weight excluding hydrogens is 375 g/mol. The van der Waals surface area contributed by atoms with Gasteiger partial charge in [0.1, 0.15) is 0 Å². The zero-order chi connectivity index (χ0) is 21.5. The number of carbonyl (C=O) groups excluding carboxylic acids is 1. The van der Waals surface area contributed by atoms with Crippen LogP contribution in [-0.4, -0.2) is 12.1 Å². The summed E-state index contributed by atoms with van der Waals surface area (Å²) in [4.78, 5) is 11.8. The Kier molecular flexibility index (Phi) is 12.4. The zero-order valence-electron chi connectivity index (χ0n) is 17.6. The van der Waals surface area contributed by atoms with Gasteiger partial charge in [0.2, 0.25) is 5.91 Å².